The van der Waals surface area contributed by atoms with Crippen LogP contribution in [-0.2, 0) is 0 Å². The maximum atomic E-state index is 13.6. The Bertz CT molecular complexity index is 764. The normalized spacial score (nSPS) is 14.4. The number of nitrogens with zero attached hydrogens (tertiary/aromatic N) is 2. The predicted octanol–water partition coefficient (Wildman–Crippen LogP) is 3.84. The molecule has 0 unspecified atom stereocenters. The van der Waals surface area contributed by atoms with Crippen LogP contribution in [-0.4, -0.2) is 44.2 Å². The van der Waals surface area contributed by atoms with Crippen molar-refractivity contribution in [2.75, 3.05) is 43.5 Å². The third kappa shape index (κ3) is 3.96. The first-order valence-corrected chi connectivity index (χ1v) is 8.35. The van der Waals surface area contributed by atoms with Crippen LogP contribution >= 0.6 is 11.6 Å². The van der Waals surface area contributed by atoms with Crippen LogP contribution in [0.3, 0.4) is 0 Å². The fourth-order valence-corrected chi connectivity index (χ4v) is 3.03. The number of nitrogens with one attached hydrogen (secondary N) is 1. The lowest BCUT2D eigenvalue weighted by molar-refractivity contribution is 0.208. The van der Waals surface area contributed by atoms with Gasteiger partial charge in [0.05, 0.1) is 17.8 Å². The Kier molecular flexibility index (Phi) is 5.28. The molecule has 25 heavy (non-hydrogen) atoms. The molecule has 1 aliphatic heterocycles. The predicted molar refractivity (Wildman–Crippen MR) is 97.2 cm³/mol. The number of hydrogen-bond donors (Lipinski definition) is 1. The van der Waals surface area contributed by atoms with Crippen molar-refractivity contribution in [2.24, 2.45) is 0 Å². The van der Waals surface area contributed by atoms with Gasteiger partial charge in [-0.15, -0.1) is 0 Å². The van der Waals surface area contributed by atoms with Crippen molar-refractivity contribution in [3.8, 4) is 5.75 Å². The van der Waals surface area contributed by atoms with E-state index in [1.165, 1.54) is 6.07 Å². The summed E-state index contributed by atoms with van der Waals surface area (Å²) < 4.78 is 18.8. The van der Waals surface area contributed by atoms with Crippen molar-refractivity contribution >= 4 is 29.0 Å². The van der Waals surface area contributed by atoms with E-state index in [2.05, 4.69) is 10.2 Å². The molecule has 0 saturated carbocycles. The van der Waals surface area contributed by atoms with Crippen LogP contribution in [0, 0.1) is 5.82 Å². The van der Waals surface area contributed by atoms with Gasteiger partial charge in [0, 0.05) is 31.9 Å². The highest BCUT2D eigenvalue weighted by atomic mass is 35.5. The van der Waals surface area contributed by atoms with E-state index in [0.717, 1.165) is 5.69 Å². The van der Waals surface area contributed by atoms with Gasteiger partial charge in [-0.1, -0.05) is 23.7 Å². The third-order valence-corrected chi connectivity index (χ3v) is 4.48. The summed E-state index contributed by atoms with van der Waals surface area (Å²) in [6.07, 6.45) is 0. The molecule has 3 rings (SSSR count). The van der Waals surface area contributed by atoms with Crippen molar-refractivity contribution in [3.63, 3.8) is 0 Å². The van der Waals surface area contributed by atoms with E-state index in [4.69, 9.17) is 16.3 Å². The van der Waals surface area contributed by atoms with E-state index in [1.54, 1.807) is 30.2 Å². The summed E-state index contributed by atoms with van der Waals surface area (Å²) in [5.74, 6) is 0.190. The number of anilines is 2. The minimum absolute atomic E-state index is 0.192. The molecule has 2 aromatic rings. The van der Waals surface area contributed by atoms with Crippen LogP contribution in [0.15, 0.2) is 42.5 Å². The first-order chi connectivity index (χ1) is 12.1. The Balaban J connectivity index is 1.59. The lowest BCUT2D eigenvalue weighted by atomic mass is 10.2. The van der Waals surface area contributed by atoms with E-state index < -0.39 is 5.82 Å². The minimum Gasteiger partial charge on any atom is -0.495 e. The zero-order valence-electron chi connectivity index (χ0n) is 13.8. The van der Waals surface area contributed by atoms with Gasteiger partial charge < -0.3 is 19.9 Å². The summed E-state index contributed by atoms with van der Waals surface area (Å²) in [7, 11) is 1.58. The van der Waals surface area contributed by atoms with E-state index in [1.807, 2.05) is 18.2 Å². The molecule has 0 radical (unpaired) electrons. The number of urea groups is 1. The molecule has 0 aliphatic carbocycles. The Morgan fingerprint density at radius 2 is 1.88 bits per heavy atom. The van der Waals surface area contributed by atoms with Crippen molar-refractivity contribution in [2.45, 2.75) is 0 Å². The van der Waals surface area contributed by atoms with E-state index >= 15 is 0 Å². The van der Waals surface area contributed by atoms with Gasteiger partial charge in [-0.05, 0) is 30.3 Å². The molecule has 0 aromatic heterocycles. The molecule has 1 fully saturated rings. The quantitative estimate of drug-likeness (QED) is 0.901. The molecule has 0 atom stereocenters. The Labute approximate surface area is 150 Å². The fraction of sp³-hybridized carbons (Fsp3) is 0.278. The largest absolute Gasteiger partial charge is 0.495 e. The Morgan fingerprint density at radius 1 is 1.16 bits per heavy atom. The molecule has 0 spiro atoms. The molecule has 0 bridgehead atoms. The smallest absolute Gasteiger partial charge is 0.322 e. The number of carbonyl (C=O) groups excluding carboxylic acids is 1. The van der Waals surface area contributed by atoms with Crippen molar-refractivity contribution in [3.05, 3.63) is 53.3 Å². The van der Waals surface area contributed by atoms with Crippen molar-refractivity contribution in [1.82, 2.24) is 4.90 Å². The third-order valence-electron chi connectivity index (χ3n) is 4.18. The average molecular weight is 364 g/mol. The molecule has 2 aromatic carbocycles. The Morgan fingerprint density at radius 3 is 2.52 bits per heavy atom. The highest BCUT2D eigenvalue weighted by molar-refractivity contribution is 6.32. The first kappa shape index (κ1) is 17.4. The van der Waals surface area contributed by atoms with E-state index in [9.17, 15) is 9.18 Å². The molecule has 2 amide bonds. The van der Waals surface area contributed by atoms with Crippen LogP contribution in [0.5, 0.6) is 5.75 Å². The summed E-state index contributed by atoms with van der Waals surface area (Å²) in [5.41, 5.74) is 1.18. The van der Waals surface area contributed by atoms with Crippen LogP contribution in [0.25, 0.3) is 0 Å². The summed E-state index contributed by atoms with van der Waals surface area (Å²) >= 11 is 6.17. The maximum Gasteiger partial charge on any atom is 0.322 e. The van der Waals surface area contributed by atoms with Crippen molar-refractivity contribution in [1.29, 1.82) is 0 Å². The number of halogens is 2. The fourth-order valence-electron chi connectivity index (χ4n) is 2.78. The topological polar surface area (TPSA) is 44.8 Å². The zero-order valence-corrected chi connectivity index (χ0v) is 14.6. The molecule has 5 nitrogen and oxygen atoms in total. The molecular formula is C18H19ClFN3O2. The molecular weight excluding hydrogens is 345 g/mol. The number of ether oxygens (including phenoxy) is 1. The second kappa shape index (κ2) is 7.61. The number of amides is 2. The standard InChI is InChI=1S/C18H19ClFN3O2/c1-25-17-7-6-13(12-14(17)19)22-8-10-23(11-9-22)18(24)21-16-5-3-2-4-15(16)20/h2-7,12H,8-11H2,1H3,(H,21,24). The molecule has 1 N–H and O–H groups in total. The van der Waals surface area contributed by atoms with Crippen molar-refractivity contribution < 1.29 is 13.9 Å². The number of rotatable bonds is 3. The number of methoxy groups -OCH3 is 1. The lowest BCUT2D eigenvalue weighted by Crippen LogP contribution is -2.50. The average Bonchev–Trinajstić information content (AvgIpc) is 2.63. The van der Waals surface area contributed by atoms with Gasteiger partial charge in [-0.25, -0.2) is 9.18 Å². The summed E-state index contributed by atoms with van der Waals surface area (Å²) in [6, 6.07) is 11.5. The molecule has 1 saturated heterocycles. The highest BCUT2D eigenvalue weighted by Crippen LogP contribution is 2.29. The van der Waals surface area contributed by atoms with E-state index in [0.29, 0.717) is 37.0 Å². The number of carbonyl (C=O) groups is 1. The monoisotopic (exact) mass is 363 g/mol. The lowest BCUT2D eigenvalue weighted by Gasteiger charge is -2.36. The zero-order chi connectivity index (χ0) is 17.8. The van der Waals surface area contributed by atoms with Crippen LogP contribution in [0.2, 0.25) is 5.02 Å². The van der Waals surface area contributed by atoms with Gasteiger partial charge in [0.1, 0.15) is 11.6 Å². The summed E-state index contributed by atoms with van der Waals surface area (Å²) in [6.45, 7) is 2.44. The van der Waals surface area contributed by atoms with Crippen LogP contribution < -0.4 is 15.0 Å². The maximum absolute atomic E-state index is 13.6. The minimum atomic E-state index is -0.442. The van der Waals surface area contributed by atoms with Crippen LogP contribution in [0.4, 0.5) is 20.6 Å². The highest BCUT2D eigenvalue weighted by Gasteiger charge is 2.22. The summed E-state index contributed by atoms with van der Waals surface area (Å²) in [5, 5.41) is 3.17. The molecule has 7 heteroatoms. The molecule has 1 heterocycles. The number of para-hydroxylation sites is 1. The van der Waals surface area contributed by atoms with Gasteiger partial charge in [0.2, 0.25) is 0 Å². The van der Waals surface area contributed by atoms with Gasteiger partial charge >= 0.3 is 6.03 Å². The SMILES string of the molecule is COc1ccc(N2CCN(C(=O)Nc3ccccc3F)CC2)cc1Cl. The van der Waals surface area contributed by atoms with Gasteiger partial charge in [0.15, 0.2) is 0 Å². The van der Waals surface area contributed by atoms with Gasteiger partial charge in [0.25, 0.3) is 0 Å². The molecule has 132 valence electrons. The number of benzene rings is 2. The first-order valence-electron chi connectivity index (χ1n) is 7.97. The number of piperazine rings is 1. The van der Waals surface area contributed by atoms with Gasteiger partial charge in [-0.2, -0.15) is 0 Å². The van der Waals surface area contributed by atoms with E-state index in [-0.39, 0.29) is 11.7 Å². The molecule has 1 aliphatic rings. The van der Waals surface area contributed by atoms with Gasteiger partial charge in [-0.3, -0.25) is 0 Å². The second-order valence-electron chi connectivity index (χ2n) is 5.70. The van der Waals surface area contributed by atoms with Crippen LogP contribution in [0.1, 0.15) is 0 Å². The second-order valence-corrected chi connectivity index (χ2v) is 6.11. The number of hydrogen-bond acceptors (Lipinski definition) is 3. The summed E-state index contributed by atoms with van der Waals surface area (Å²) in [4.78, 5) is 16.1. The Hall–Kier alpha value is -2.47.